The number of H-pyrrole nitrogens is 1. The Bertz CT molecular complexity index is 634. The van der Waals surface area contributed by atoms with E-state index in [0.717, 1.165) is 12.8 Å². The Hall–Kier alpha value is -2.70. The lowest BCUT2D eigenvalue weighted by Crippen LogP contribution is -2.42. The monoisotopic (exact) mass is 271 g/mol. The zero-order chi connectivity index (χ0) is 13.9. The summed E-state index contributed by atoms with van der Waals surface area (Å²) < 4.78 is 0. The van der Waals surface area contributed by atoms with Crippen LogP contribution in [0.5, 0.6) is 0 Å². The van der Waals surface area contributed by atoms with Crippen LogP contribution in [0.2, 0.25) is 0 Å². The normalized spacial score (nSPS) is 13.8. The minimum absolute atomic E-state index is 0.244. The number of aromatic amines is 1. The van der Waals surface area contributed by atoms with E-state index in [-0.39, 0.29) is 5.69 Å². The number of nitrogens with zero attached hydrogens (tertiary/aromatic N) is 2. The van der Waals surface area contributed by atoms with Crippen LogP contribution in [-0.2, 0) is 0 Å². The van der Waals surface area contributed by atoms with Crippen LogP contribution in [0.3, 0.4) is 0 Å². The maximum absolute atomic E-state index is 11.9. The van der Waals surface area contributed by atoms with Crippen LogP contribution in [0.4, 0.5) is 0 Å². The molecule has 7 nitrogen and oxygen atoms in total. The Labute approximate surface area is 114 Å². The zero-order valence-electron chi connectivity index (χ0n) is 10.6. The molecule has 0 aliphatic heterocycles. The summed E-state index contributed by atoms with van der Waals surface area (Å²) in [7, 11) is 0. The third kappa shape index (κ3) is 2.66. The summed E-state index contributed by atoms with van der Waals surface area (Å²) in [6, 6.07) is 4.82. The molecule has 2 aromatic heterocycles. The first-order valence-corrected chi connectivity index (χ1v) is 6.31. The van der Waals surface area contributed by atoms with Gasteiger partial charge in [-0.3, -0.25) is 20.4 Å². The molecule has 102 valence electrons. The molecule has 0 aromatic carbocycles. The molecular weight excluding hydrogens is 258 g/mol. The molecule has 1 fully saturated rings. The number of amides is 2. The second-order valence-corrected chi connectivity index (χ2v) is 4.57. The summed E-state index contributed by atoms with van der Waals surface area (Å²) in [5.41, 5.74) is 5.25. The average Bonchev–Trinajstić information content (AvgIpc) is 3.19. The highest BCUT2D eigenvalue weighted by Gasteiger charge is 2.27. The molecule has 0 unspecified atom stereocenters. The van der Waals surface area contributed by atoms with Crippen molar-refractivity contribution in [2.24, 2.45) is 0 Å². The minimum Gasteiger partial charge on any atom is -0.357 e. The van der Waals surface area contributed by atoms with Crippen LogP contribution in [0, 0.1) is 0 Å². The van der Waals surface area contributed by atoms with Crippen molar-refractivity contribution in [3.8, 4) is 0 Å². The molecule has 2 amide bonds. The minimum atomic E-state index is -0.464. The first kappa shape index (κ1) is 12.3. The second-order valence-electron chi connectivity index (χ2n) is 4.57. The number of hydrazine groups is 1. The van der Waals surface area contributed by atoms with Crippen molar-refractivity contribution in [2.45, 2.75) is 18.8 Å². The van der Waals surface area contributed by atoms with E-state index < -0.39 is 11.8 Å². The molecule has 0 saturated heterocycles. The molecule has 1 aliphatic carbocycles. The SMILES string of the molecule is O=C(NNC(=O)c1ccc[nH]1)c1ccnc(C2CC2)n1. The molecule has 0 spiro atoms. The third-order valence-electron chi connectivity index (χ3n) is 2.98. The zero-order valence-corrected chi connectivity index (χ0v) is 10.6. The van der Waals surface area contributed by atoms with Crippen molar-refractivity contribution in [1.82, 2.24) is 25.8 Å². The van der Waals surface area contributed by atoms with Crippen molar-refractivity contribution >= 4 is 11.8 Å². The van der Waals surface area contributed by atoms with Crippen LogP contribution >= 0.6 is 0 Å². The smallest absolute Gasteiger partial charge is 0.288 e. The van der Waals surface area contributed by atoms with Gasteiger partial charge in [0.2, 0.25) is 0 Å². The maximum atomic E-state index is 11.9. The number of rotatable bonds is 3. The lowest BCUT2D eigenvalue weighted by Gasteiger charge is -2.06. The molecule has 0 bridgehead atoms. The quantitative estimate of drug-likeness (QED) is 0.717. The number of carbonyl (C=O) groups excluding carboxylic acids is 2. The van der Waals surface area contributed by atoms with Gasteiger partial charge in [0.15, 0.2) is 0 Å². The van der Waals surface area contributed by atoms with Crippen LogP contribution in [0.1, 0.15) is 45.6 Å². The number of nitrogens with one attached hydrogen (secondary N) is 3. The van der Waals surface area contributed by atoms with Gasteiger partial charge in [-0.1, -0.05) is 0 Å². The Morgan fingerprint density at radius 2 is 2.00 bits per heavy atom. The fourth-order valence-corrected chi connectivity index (χ4v) is 1.75. The standard InChI is InChI=1S/C13H13N5O2/c19-12(9-2-1-6-14-9)17-18-13(20)10-5-7-15-11(16-10)8-3-4-8/h1-2,5-8,14H,3-4H2,(H,17,19)(H,18,20). The molecular formula is C13H13N5O2. The fraction of sp³-hybridized carbons (Fsp3) is 0.231. The molecule has 3 rings (SSSR count). The Kier molecular flexibility index (Phi) is 3.16. The van der Waals surface area contributed by atoms with Crippen molar-refractivity contribution < 1.29 is 9.59 Å². The van der Waals surface area contributed by atoms with E-state index in [1.54, 1.807) is 24.5 Å². The lowest BCUT2D eigenvalue weighted by atomic mass is 10.3. The van der Waals surface area contributed by atoms with E-state index in [2.05, 4.69) is 25.8 Å². The summed E-state index contributed by atoms with van der Waals surface area (Å²) in [5, 5.41) is 0. The highest BCUT2D eigenvalue weighted by molar-refractivity contribution is 5.97. The van der Waals surface area contributed by atoms with Gasteiger partial charge < -0.3 is 4.98 Å². The van der Waals surface area contributed by atoms with Crippen molar-refractivity contribution in [1.29, 1.82) is 0 Å². The summed E-state index contributed by atoms with van der Waals surface area (Å²) in [4.78, 5) is 34.6. The Morgan fingerprint density at radius 3 is 2.70 bits per heavy atom. The molecule has 7 heteroatoms. The van der Waals surface area contributed by atoms with Crippen molar-refractivity contribution in [3.05, 3.63) is 47.8 Å². The topological polar surface area (TPSA) is 99.8 Å². The van der Waals surface area contributed by atoms with Gasteiger partial charge in [-0.2, -0.15) is 0 Å². The van der Waals surface area contributed by atoms with Gasteiger partial charge >= 0.3 is 0 Å². The summed E-state index contributed by atoms with van der Waals surface area (Å²) in [5.74, 6) is 0.179. The largest absolute Gasteiger partial charge is 0.357 e. The Morgan fingerprint density at radius 1 is 1.20 bits per heavy atom. The second kappa shape index (κ2) is 5.12. The van der Waals surface area contributed by atoms with E-state index in [0.29, 0.717) is 17.4 Å². The van der Waals surface area contributed by atoms with Crippen LogP contribution in [0.15, 0.2) is 30.6 Å². The van der Waals surface area contributed by atoms with Crippen LogP contribution in [-0.4, -0.2) is 26.8 Å². The summed E-state index contributed by atoms with van der Waals surface area (Å²) in [6.07, 6.45) is 5.31. The van der Waals surface area contributed by atoms with Crippen molar-refractivity contribution in [3.63, 3.8) is 0 Å². The number of hydrogen-bond donors (Lipinski definition) is 3. The van der Waals surface area contributed by atoms with Crippen LogP contribution < -0.4 is 10.9 Å². The van der Waals surface area contributed by atoms with E-state index in [1.165, 1.54) is 6.07 Å². The van der Waals surface area contributed by atoms with Gasteiger partial charge in [0.1, 0.15) is 17.2 Å². The molecule has 20 heavy (non-hydrogen) atoms. The molecule has 3 N–H and O–H groups in total. The molecule has 0 radical (unpaired) electrons. The fourth-order valence-electron chi connectivity index (χ4n) is 1.75. The van der Waals surface area contributed by atoms with Crippen molar-refractivity contribution in [2.75, 3.05) is 0 Å². The van der Waals surface area contributed by atoms with Gasteiger partial charge in [0.05, 0.1) is 0 Å². The third-order valence-corrected chi connectivity index (χ3v) is 2.98. The van der Waals surface area contributed by atoms with E-state index in [4.69, 9.17) is 0 Å². The van der Waals surface area contributed by atoms with Gasteiger partial charge in [0, 0.05) is 18.3 Å². The predicted molar refractivity (Wildman–Crippen MR) is 69.7 cm³/mol. The number of hydrogen-bond acceptors (Lipinski definition) is 4. The number of aromatic nitrogens is 3. The number of carbonyl (C=O) groups is 2. The van der Waals surface area contributed by atoms with Gasteiger partial charge in [-0.05, 0) is 31.0 Å². The van der Waals surface area contributed by atoms with E-state index >= 15 is 0 Å². The molecule has 2 heterocycles. The molecule has 1 saturated carbocycles. The van der Waals surface area contributed by atoms with Gasteiger partial charge in [0.25, 0.3) is 11.8 Å². The van der Waals surface area contributed by atoms with Gasteiger partial charge in [-0.15, -0.1) is 0 Å². The average molecular weight is 271 g/mol. The van der Waals surface area contributed by atoms with Gasteiger partial charge in [-0.25, -0.2) is 9.97 Å². The highest BCUT2D eigenvalue weighted by Crippen LogP contribution is 2.37. The van der Waals surface area contributed by atoms with E-state index in [1.807, 2.05) is 0 Å². The molecule has 1 aliphatic rings. The molecule has 2 aromatic rings. The summed E-state index contributed by atoms with van der Waals surface area (Å²) >= 11 is 0. The first-order chi connectivity index (χ1) is 9.74. The molecule has 0 atom stereocenters. The highest BCUT2D eigenvalue weighted by atomic mass is 16.2. The maximum Gasteiger partial charge on any atom is 0.288 e. The lowest BCUT2D eigenvalue weighted by molar-refractivity contribution is 0.0841. The predicted octanol–water partition coefficient (Wildman–Crippen LogP) is 0.757. The van der Waals surface area contributed by atoms with Crippen LogP contribution in [0.25, 0.3) is 0 Å². The Balaban J connectivity index is 1.61. The van der Waals surface area contributed by atoms with E-state index in [9.17, 15) is 9.59 Å². The first-order valence-electron chi connectivity index (χ1n) is 6.31. The summed E-state index contributed by atoms with van der Waals surface area (Å²) in [6.45, 7) is 0.